The van der Waals surface area contributed by atoms with Gasteiger partial charge < -0.3 is 0 Å². The van der Waals surface area contributed by atoms with Gasteiger partial charge in [-0.1, -0.05) is 12.1 Å². The van der Waals surface area contributed by atoms with E-state index in [1.165, 1.54) is 25.3 Å². The van der Waals surface area contributed by atoms with E-state index < -0.39 is 34.6 Å². The number of hydrogen-bond donors (Lipinski definition) is 0. The topological polar surface area (TPSA) is 37.6 Å². The van der Waals surface area contributed by atoms with Gasteiger partial charge in [-0.05, 0) is 50.2 Å². The van der Waals surface area contributed by atoms with Crippen LogP contribution in [0.15, 0.2) is 64.7 Å². The van der Waals surface area contributed by atoms with E-state index in [1.807, 2.05) is 0 Å². The van der Waals surface area contributed by atoms with E-state index in [0.29, 0.717) is 11.3 Å². The lowest BCUT2D eigenvalue weighted by Gasteiger charge is -2.09. The molecular formula is C21H15F4N3. The van der Waals surface area contributed by atoms with Crippen molar-refractivity contribution < 1.29 is 17.6 Å². The van der Waals surface area contributed by atoms with Gasteiger partial charge in [-0.3, -0.25) is 4.98 Å². The molecule has 0 amide bonds. The summed E-state index contributed by atoms with van der Waals surface area (Å²) in [7, 11) is 0. The van der Waals surface area contributed by atoms with Gasteiger partial charge in [0.2, 0.25) is 0 Å². The fourth-order valence-electron chi connectivity index (χ4n) is 2.63. The number of rotatable bonds is 4. The summed E-state index contributed by atoms with van der Waals surface area (Å²) in [6.45, 7) is 3.10. The Kier molecular flexibility index (Phi) is 5.63. The Hall–Kier alpha value is -3.35. The van der Waals surface area contributed by atoms with Crippen molar-refractivity contribution in [2.24, 2.45) is 9.98 Å². The zero-order valence-electron chi connectivity index (χ0n) is 15.0. The molecule has 0 aliphatic carbocycles. The summed E-state index contributed by atoms with van der Waals surface area (Å²) in [4.78, 5) is 12.2. The number of benzene rings is 2. The number of hydrogen-bond acceptors (Lipinski definition) is 3. The zero-order chi connectivity index (χ0) is 20.3. The molecule has 0 N–H and O–H groups in total. The van der Waals surface area contributed by atoms with Crippen LogP contribution in [0.25, 0.3) is 0 Å². The van der Waals surface area contributed by atoms with Gasteiger partial charge in [0, 0.05) is 17.5 Å². The molecule has 1 heterocycles. The molecule has 142 valence electrons. The maximum Gasteiger partial charge on any atom is 0.151 e. The minimum Gasteiger partial charge on any atom is -0.254 e. The molecule has 2 aromatic carbocycles. The van der Waals surface area contributed by atoms with Crippen LogP contribution in [0.4, 0.5) is 28.9 Å². The largest absolute Gasteiger partial charge is 0.254 e. The third-order valence-corrected chi connectivity index (χ3v) is 3.97. The number of nitrogens with zero attached hydrogens (tertiary/aromatic N) is 3. The van der Waals surface area contributed by atoms with Crippen LogP contribution in [0.2, 0.25) is 0 Å². The normalized spacial score (nSPS) is 12.4. The Morgan fingerprint density at radius 2 is 1.14 bits per heavy atom. The smallest absolute Gasteiger partial charge is 0.151 e. The zero-order valence-corrected chi connectivity index (χ0v) is 15.0. The fraction of sp³-hybridized carbons (Fsp3) is 0.0952. The fourth-order valence-corrected chi connectivity index (χ4v) is 2.63. The molecule has 0 radical (unpaired) electrons. The first kappa shape index (κ1) is 19.4. The Morgan fingerprint density at radius 3 is 1.64 bits per heavy atom. The lowest BCUT2D eigenvalue weighted by molar-refractivity contribution is 0.587. The minimum atomic E-state index is -0.810. The van der Waals surface area contributed by atoms with E-state index in [9.17, 15) is 17.6 Å². The molecule has 0 atom stereocenters. The summed E-state index contributed by atoms with van der Waals surface area (Å²) in [5, 5.41) is 0. The molecule has 0 saturated heterocycles. The highest BCUT2D eigenvalue weighted by atomic mass is 19.1. The summed E-state index contributed by atoms with van der Waals surface area (Å²) in [6.07, 6.45) is 1.48. The lowest BCUT2D eigenvalue weighted by atomic mass is 10.1. The summed E-state index contributed by atoms with van der Waals surface area (Å²) in [5.74, 6) is -3.22. The molecule has 0 spiro atoms. The summed E-state index contributed by atoms with van der Waals surface area (Å²) in [6, 6.07) is 10.1. The van der Waals surface area contributed by atoms with Crippen LogP contribution in [-0.2, 0) is 0 Å². The van der Waals surface area contributed by atoms with Crippen molar-refractivity contribution in [1.29, 1.82) is 0 Å². The number of pyridine rings is 1. The van der Waals surface area contributed by atoms with Crippen molar-refractivity contribution in [3.63, 3.8) is 0 Å². The quantitative estimate of drug-likeness (QED) is 0.406. The highest BCUT2D eigenvalue weighted by Gasteiger charge is 2.14. The molecule has 0 fully saturated rings. The Balaban J connectivity index is 2.09. The van der Waals surface area contributed by atoms with Crippen molar-refractivity contribution in [2.75, 3.05) is 0 Å². The Labute approximate surface area is 159 Å². The van der Waals surface area contributed by atoms with Crippen LogP contribution in [0.1, 0.15) is 25.1 Å². The number of halogens is 4. The molecule has 0 bridgehead atoms. The summed E-state index contributed by atoms with van der Waals surface area (Å²) < 4.78 is 55.6. The van der Waals surface area contributed by atoms with Crippen molar-refractivity contribution in [3.8, 4) is 0 Å². The molecular weight excluding hydrogens is 370 g/mol. The number of aliphatic imine (C=N–C) groups is 2. The van der Waals surface area contributed by atoms with Crippen molar-refractivity contribution in [1.82, 2.24) is 4.98 Å². The van der Waals surface area contributed by atoms with E-state index in [-0.39, 0.29) is 11.4 Å². The van der Waals surface area contributed by atoms with Crippen molar-refractivity contribution in [3.05, 3.63) is 89.3 Å². The molecule has 7 heteroatoms. The van der Waals surface area contributed by atoms with E-state index >= 15 is 0 Å². The molecule has 1 aromatic heterocycles. The van der Waals surface area contributed by atoms with Crippen molar-refractivity contribution >= 4 is 22.8 Å². The van der Waals surface area contributed by atoms with Gasteiger partial charge in [0.25, 0.3) is 0 Å². The molecule has 0 unspecified atom stereocenters. The number of aromatic nitrogens is 1. The van der Waals surface area contributed by atoms with Gasteiger partial charge in [0.15, 0.2) is 23.3 Å². The molecule has 3 aromatic rings. The van der Waals surface area contributed by atoms with Gasteiger partial charge in [0.1, 0.15) is 11.4 Å². The van der Waals surface area contributed by atoms with E-state index in [2.05, 4.69) is 15.0 Å². The van der Waals surface area contributed by atoms with Crippen LogP contribution in [0.5, 0.6) is 0 Å². The summed E-state index contributed by atoms with van der Waals surface area (Å²) in [5.41, 5.74) is 0.362. The van der Waals surface area contributed by atoms with Crippen molar-refractivity contribution in [2.45, 2.75) is 13.8 Å². The first-order valence-electron chi connectivity index (χ1n) is 8.33. The first-order valence-corrected chi connectivity index (χ1v) is 8.33. The van der Waals surface area contributed by atoms with E-state index in [0.717, 1.165) is 24.3 Å². The minimum absolute atomic E-state index is 0.225. The van der Waals surface area contributed by atoms with Gasteiger partial charge in [-0.15, -0.1) is 0 Å². The van der Waals surface area contributed by atoms with Gasteiger partial charge in [-0.2, -0.15) is 0 Å². The third kappa shape index (κ3) is 3.98. The monoisotopic (exact) mass is 385 g/mol. The highest BCUT2D eigenvalue weighted by Crippen LogP contribution is 2.25. The first-order chi connectivity index (χ1) is 13.4. The van der Waals surface area contributed by atoms with E-state index in [4.69, 9.17) is 0 Å². The third-order valence-electron chi connectivity index (χ3n) is 3.97. The maximum atomic E-state index is 13.9. The molecule has 28 heavy (non-hydrogen) atoms. The molecule has 0 aliphatic heterocycles. The second-order valence-corrected chi connectivity index (χ2v) is 5.93. The standard InChI is InChI=1S/C21H15F4N3/c1-12(27-20-15(22)7-3-8-16(20)23)14-6-5-11-26-19(14)13(2)28-21-17(24)9-4-10-18(21)25/h3-11H,1-2H3. The van der Waals surface area contributed by atoms with Crippen LogP contribution in [0, 0.1) is 23.3 Å². The van der Waals surface area contributed by atoms with Crippen LogP contribution < -0.4 is 0 Å². The highest BCUT2D eigenvalue weighted by molar-refractivity contribution is 6.11. The molecule has 3 rings (SSSR count). The van der Waals surface area contributed by atoms with Crippen LogP contribution in [-0.4, -0.2) is 16.4 Å². The van der Waals surface area contributed by atoms with Crippen LogP contribution in [0.3, 0.4) is 0 Å². The lowest BCUT2D eigenvalue weighted by Crippen LogP contribution is -2.08. The molecule has 0 saturated carbocycles. The second kappa shape index (κ2) is 8.12. The molecule has 3 nitrogen and oxygen atoms in total. The predicted octanol–water partition coefficient (Wildman–Crippen LogP) is 5.92. The molecule has 0 aliphatic rings. The van der Waals surface area contributed by atoms with E-state index in [1.54, 1.807) is 19.1 Å². The van der Waals surface area contributed by atoms with Gasteiger partial charge >= 0.3 is 0 Å². The number of para-hydroxylation sites is 2. The maximum absolute atomic E-state index is 13.9. The van der Waals surface area contributed by atoms with Gasteiger partial charge in [-0.25, -0.2) is 27.5 Å². The SMILES string of the molecule is CC(=Nc1c(F)cccc1F)c1cccnc1C(C)=Nc1c(F)cccc1F. The average molecular weight is 385 g/mol. The Morgan fingerprint density at radius 1 is 0.679 bits per heavy atom. The Bertz CT molecular complexity index is 964. The average Bonchev–Trinajstić information content (AvgIpc) is 2.67. The van der Waals surface area contributed by atoms with Crippen LogP contribution >= 0.6 is 0 Å². The summed E-state index contributed by atoms with van der Waals surface area (Å²) >= 11 is 0. The second-order valence-electron chi connectivity index (χ2n) is 5.93. The predicted molar refractivity (Wildman–Crippen MR) is 101 cm³/mol. The van der Waals surface area contributed by atoms with Gasteiger partial charge in [0.05, 0.1) is 11.4 Å².